The molecule has 0 saturated heterocycles. The summed E-state index contributed by atoms with van der Waals surface area (Å²) in [4.78, 5) is 7.95. The third-order valence-corrected chi connectivity index (χ3v) is 6.76. The van der Waals surface area contributed by atoms with Gasteiger partial charge in [-0.05, 0) is 12.1 Å². The van der Waals surface area contributed by atoms with Crippen molar-refractivity contribution in [1.29, 1.82) is 0 Å². The van der Waals surface area contributed by atoms with Gasteiger partial charge >= 0.3 is 22.7 Å². The van der Waals surface area contributed by atoms with Gasteiger partial charge in [-0.2, -0.15) is 43.8 Å². The van der Waals surface area contributed by atoms with Crippen LogP contribution in [-0.4, -0.2) is 49.5 Å². The van der Waals surface area contributed by atoms with Gasteiger partial charge in [0.05, 0.1) is 27.5 Å². The highest BCUT2D eigenvalue weighted by molar-refractivity contribution is 7.84. The van der Waals surface area contributed by atoms with E-state index in [4.69, 9.17) is 16.3 Å². The zero-order valence-electron chi connectivity index (χ0n) is 21.1. The molecule has 9 nitrogen and oxygen atoms in total. The summed E-state index contributed by atoms with van der Waals surface area (Å²) in [6, 6.07) is 5.05. The number of fused-ring (bicyclic) bond motifs is 1. The van der Waals surface area contributed by atoms with E-state index in [0.29, 0.717) is 5.69 Å². The molecule has 0 fully saturated rings. The zero-order chi connectivity index (χ0) is 30.0. The van der Waals surface area contributed by atoms with Gasteiger partial charge in [-0.15, -0.1) is 0 Å². The zero-order valence-corrected chi connectivity index (χ0v) is 22.6. The van der Waals surface area contributed by atoms with Crippen LogP contribution in [0.25, 0.3) is 33.8 Å². The number of hydrogen-bond acceptors (Lipinski definition) is 6. The first kappa shape index (κ1) is 32.1. The Balaban J connectivity index is 0.00000462. The van der Waals surface area contributed by atoms with Gasteiger partial charge < -0.3 is 4.74 Å². The lowest BCUT2D eigenvalue weighted by Crippen LogP contribution is -2.21. The molecule has 0 radical (unpaired) electrons. The predicted molar refractivity (Wildman–Crippen MR) is 139 cm³/mol. The highest BCUT2D eigenvalue weighted by atomic mass is 35.5. The molecule has 0 aliphatic carbocycles. The lowest BCUT2D eigenvalue weighted by molar-refractivity contribution is -0.153. The normalized spacial score (nSPS) is 13.0. The molecule has 17 heteroatoms. The summed E-state index contributed by atoms with van der Waals surface area (Å²) < 4.78 is 122. The largest absolute Gasteiger partial charge is 0.466 e. The maximum Gasteiger partial charge on any atom is 0.422 e. The van der Waals surface area contributed by atoms with Gasteiger partial charge in [-0.3, -0.25) is 9.23 Å². The summed E-state index contributed by atoms with van der Waals surface area (Å²) in [6.45, 7) is 3.29. The highest BCUT2D eigenvalue weighted by Gasteiger charge is 2.36. The minimum absolute atomic E-state index is 0. The predicted octanol–water partition coefficient (Wildman–Crippen LogP) is 6.70. The quantitative estimate of drug-likeness (QED) is 0.194. The third kappa shape index (κ3) is 6.28. The SMILES string of the molecule is C.Cn1nc(C(C)(C)C)c(Cl)c1-c1nc2cc(-c3ccccc3C(F)(F)F)nc(OCC(F)(F)F)c2n1S(=O)(=O)O. The van der Waals surface area contributed by atoms with E-state index in [-0.39, 0.29) is 22.1 Å². The van der Waals surface area contributed by atoms with Crippen molar-refractivity contribution in [2.45, 2.75) is 46.0 Å². The first-order chi connectivity index (χ1) is 18.2. The average Bonchev–Trinajstić information content (AvgIpc) is 3.32. The van der Waals surface area contributed by atoms with Crippen LogP contribution < -0.4 is 4.74 Å². The van der Waals surface area contributed by atoms with Gasteiger partial charge in [0, 0.05) is 18.0 Å². The Morgan fingerprint density at radius 1 is 1.05 bits per heavy atom. The van der Waals surface area contributed by atoms with Crippen LogP contribution in [0, 0.1) is 0 Å². The molecule has 0 aliphatic rings. The van der Waals surface area contributed by atoms with Gasteiger partial charge in [-0.1, -0.05) is 58.0 Å². The molecule has 41 heavy (non-hydrogen) atoms. The minimum Gasteiger partial charge on any atom is -0.466 e. The first-order valence-corrected chi connectivity index (χ1v) is 13.0. The number of ether oxygens (including phenoxy) is 1. The number of imidazole rings is 1. The van der Waals surface area contributed by atoms with Crippen molar-refractivity contribution in [3.05, 3.63) is 46.6 Å². The van der Waals surface area contributed by atoms with Crippen molar-refractivity contribution in [2.24, 2.45) is 7.05 Å². The molecule has 4 aromatic rings. The molecule has 1 N–H and O–H groups in total. The van der Waals surface area contributed by atoms with Crippen LogP contribution in [0.2, 0.25) is 5.02 Å². The second kappa shape index (κ2) is 10.5. The van der Waals surface area contributed by atoms with Crippen molar-refractivity contribution in [1.82, 2.24) is 23.7 Å². The van der Waals surface area contributed by atoms with E-state index in [9.17, 15) is 39.3 Å². The molecular weight excluding hydrogens is 604 g/mol. The lowest BCUT2D eigenvalue weighted by Gasteiger charge is -2.15. The minimum atomic E-state index is -5.34. The van der Waals surface area contributed by atoms with Crippen molar-refractivity contribution < 1.29 is 44.0 Å². The van der Waals surface area contributed by atoms with Crippen molar-refractivity contribution in [3.8, 4) is 28.7 Å². The van der Waals surface area contributed by atoms with Crippen LogP contribution in [-0.2, 0) is 28.9 Å². The van der Waals surface area contributed by atoms with Crippen molar-refractivity contribution in [3.63, 3.8) is 0 Å². The fourth-order valence-electron chi connectivity index (χ4n) is 3.98. The Bertz CT molecular complexity index is 1720. The molecule has 0 amide bonds. The number of alkyl halides is 6. The van der Waals surface area contributed by atoms with Crippen LogP contribution in [0.1, 0.15) is 39.5 Å². The highest BCUT2D eigenvalue weighted by Crippen LogP contribution is 2.42. The fraction of sp³-hybridized carbons (Fsp3) is 0.375. The Morgan fingerprint density at radius 2 is 1.66 bits per heavy atom. The van der Waals surface area contributed by atoms with Gasteiger partial charge in [-0.25, -0.2) is 9.97 Å². The Kier molecular flexibility index (Phi) is 8.21. The number of halogens is 7. The molecule has 0 spiro atoms. The summed E-state index contributed by atoms with van der Waals surface area (Å²) in [7, 11) is -3.95. The second-order valence-electron chi connectivity index (χ2n) is 9.69. The standard InChI is InChI=1S/C23H20ClF6N5O4S.CH4/c1-21(2,3)18-15(24)17(34(4)33-18)19-31-14-9-13(11-7-5-6-8-12(11)23(28,29)30)32-20(39-10-22(25,26)27)16(14)35(19)40(36,37)38;/h5-9H,10H2,1-4H3,(H,36,37,38);1H4. The van der Waals surface area contributed by atoms with Gasteiger partial charge in [0.25, 0.3) is 0 Å². The van der Waals surface area contributed by atoms with Gasteiger partial charge in [0.15, 0.2) is 12.4 Å². The second-order valence-corrected chi connectivity index (χ2v) is 11.3. The maximum absolute atomic E-state index is 13.7. The van der Waals surface area contributed by atoms with E-state index in [1.807, 2.05) is 0 Å². The molecule has 3 heterocycles. The lowest BCUT2D eigenvalue weighted by atomic mass is 9.92. The molecule has 224 valence electrons. The first-order valence-electron chi connectivity index (χ1n) is 11.2. The molecule has 0 saturated carbocycles. The molecule has 0 aliphatic heterocycles. The number of pyridine rings is 1. The van der Waals surface area contributed by atoms with Crippen LogP contribution in [0.4, 0.5) is 26.3 Å². The summed E-state index contributed by atoms with van der Waals surface area (Å²) in [6.07, 6.45) is -9.81. The van der Waals surface area contributed by atoms with Crippen LogP contribution in [0.3, 0.4) is 0 Å². The number of aromatic nitrogens is 5. The summed E-state index contributed by atoms with van der Waals surface area (Å²) >= 11 is 6.52. The molecular formula is C24H24ClF6N5O4S. The van der Waals surface area contributed by atoms with E-state index in [1.165, 1.54) is 13.1 Å². The van der Waals surface area contributed by atoms with E-state index in [2.05, 4.69) is 15.1 Å². The number of rotatable bonds is 5. The van der Waals surface area contributed by atoms with Crippen LogP contribution >= 0.6 is 11.6 Å². The molecule has 3 aromatic heterocycles. The van der Waals surface area contributed by atoms with Crippen molar-refractivity contribution in [2.75, 3.05) is 6.61 Å². The van der Waals surface area contributed by atoms with Gasteiger partial charge in [0.2, 0.25) is 5.88 Å². The van der Waals surface area contributed by atoms with E-state index in [1.54, 1.807) is 20.8 Å². The maximum atomic E-state index is 13.7. The van der Waals surface area contributed by atoms with E-state index >= 15 is 0 Å². The van der Waals surface area contributed by atoms with Gasteiger partial charge in [0.1, 0.15) is 11.2 Å². The Labute approximate surface area is 235 Å². The molecule has 1 aromatic carbocycles. The number of hydrogen-bond donors (Lipinski definition) is 1. The van der Waals surface area contributed by atoms with Crippen molar-refractivity contribution >= 4 is 32.9 Å². The van der Waals surface area contributed by atoms with E-state index in [0.717, 1.165) is 28.9 Å². The Morgan fingerprint density at radius 3 is 2.17 bits per heavy atom. The smallest absolute Gasteiger partial charge is 0.422 e. The van der Waals surface area contributed by atoms with Crippen LogP contribution in [0.15, 0.2) is 30.3 Å². The Hall–Kier alpha value is -3.37. The molecule has 0 atom stereocenters. The average molecular weight is 628 g/mol. The number of aryl methyl sites for hydroxylation is 1. The number of nitrogens with zero attached hydrogens (tertiary/aromatic N) is 5. The monoisotopic (exact) mass is 627 g/mol. The molecule has 0 bridgehead atoms. The summed E-state index contributed by atoms with van der Waals surface area (Å²) in [5.41, 5.74) is -3.94. The fourth-order valence-corrected chi connectivity index (χ4v) is 5.26. The number of benzene rings is 1. The van der Waals surface area contributed by atoms with Crippen LogP contribution in [0.5, 0.6) is 5.88 Å². The topological polar surface area (TPSA) is 112 Å². The third-order valence-electron chi connectivity index (χ3n) is 5.59. The van der Waals surface area contributed by atoms with E-state index < -0.39 is 74.2 Å². The molecule has 0 unspecified atom stereocenters. The summed E-state index contributed by atoms with van der Waals surface area (Å²) in [5.74, 6) is -1.64. The summed E-state index contributed by atoms with van der Waals surface area (Å²) in [5, 5.41) is 4.20. The molecule has 4 rings (SSSR count).